The van der Waals surface area contributed by atoms with Crippen molar-refractivity contribution in [2.75, 3.05) is 0 Å². The van der Waals surface area contributed by atoms with Gasteiger partial charge < -0.3 is 4.98 Å². The van der Waals surface area contributed by atoms with Crippen LogP contribution in [0.3, 0.4) is 0 Å². The molecule has 0 spiro atoms. The fourth-order valence-electron chi connectivity index (χ4n) is 2.19. The summed E-state index contributed by atoms with van der Waals surface area (Å²) < 4.78 is 78.7. The number of nitrogens with one attached hydrogen (secondary N) is 1. The van der Waals surface area contributed by atoms with Crippen molar-refractivity contribution < 1.29 is 26.3 Å². The summed E-state index contributed by atoms with van der Waals surface area (Å²) in [7, 11) is 0. The zero-order valence-corrected chi connectivity index (χ0v) is 11.7. The summed E-state index contributed by atoms with van der Waals surface area (Å²) in [6, 6.07) is 2.63. The van der Waals surface area contributed by atoms with Crippen molar-refractivity contribution in [1.82, 2.24) is 9.97 Å². The van der Waals surface area contributed by atoms with E-state index in [9.17, 15) is 26.3 Å². The minimum absolute atomic E-state index is 0.0495. The van der Waals surface area contributed by atoms with Crippen molar-refractivity contribution in [3.05, 3.63) is 52.6 Å². The van der Waals surface area contributed by atoms with Gasteiger partial charge in [0.1, 0.15) is 0 Å². The Hall–Kier alpha value is -2.22. The first kappa shape index (κ1) is 15.7. The third-order valence-corrected chi connectivity index (χ3v) is 3.37. The largest absolute Gasteiger partial charge is 0.416 e. The number of imidazole rings is 1. The number of halogens is 7. The maximum absolute atomic E-state index is 13.4. The Bertz CT molecular complexity index is 893. The lowest BCUT2D eigenvalue weighted by molar-refractivity contribution is -0.137. The maximum atomic E-state index is 13.4. The molecule has 0 aliphatic heterocycles. The number of aromatic amines is 1. The third-order valence-electron chi connectivity index (χ3n) is 3.19. The highest BCUT2D eigenvalue weighted by Crippen LogP contribution is 2.37. The molecule has 0 atom stereocenters. The quantitative estimate of drug-likeness (QED) is 0.467. The van der Waals surface area contributed by atoms with Gasteiger partial charge in [0.15, 0.2) is 17.5 Å². The molecule has 23 heavy (non-hydrogen) atoms. The summed E-state index contributed by atoms with van der Waals surface area (Å²) in [5, 5.41) is -0.191. The monoisotopic (exact) mass is 350 g/mol. The first-order valence-corrected chi connectivity index (χ1v) is 6.46. The summed E-state index contributed by atoms with van der Waals surface area (Å²) in [6.07, 6.45) is -4.70. The average Bonchev–Trinajstić information content (AvgIpc) is 2.82. The Morgan fingerprint density at radius 1 is 0.957 bits per heavy atom. The van der Waals surface area contributed by atoms with Gasteiger partial charge in [-0.25, -0.2) is 18.2 Å². The lowest BCUT2D eigenvalue weighted by atomic mass is 10.0. The summed E-state index contributed by atoms with van der Waals surface area (Å²) in [5.41, 5.74) is -1.64. The van der Waals surface area contributed by atoms with Gasteiger partial charge in [-0.2, -0.15) is 13.2 Å². The fraction of sp³-hybridized carbons (Fsp3) is 0.0714. The van der Waals surface area contributed by atoms with Crippen molar-refractivity contribution >= 4 is 22.6 Å². The number of benzene rings is 2. The van der Waals surface area contributed by atoms with E-state index in [1.165, 1.54) is 0 Å². The van der Waals surface area contributed by atoms with Crippen LogP contribution in [0.5, 0.6) is 0 Å². The van der Waals surface area contributed by atoms with Crippen LogP contribution in [0.2, 0.25) is 5.28 Å². The Morgan fingerprint density at radius 2 is 1.57 bits per heavy atom. The molecule has 0 amide bonds. The molecule has 0 bridgehead atoms. The second-order valence-electron chi connectivity index (χ2n) is 4.70. The molecule has 0 radical (unpaired) electrons. The van der Waals surface area contributed by atoms with Crippen molar-refractivity contribution in [3.8, 4) is 11.1 Å². The van der Waals surface area contributed by atoms with Crippen LogP contribution in [-0.4, -0.2) is 9.97 Å². The number of alkyl halides is 3. The topological polar surface area (TPSA) is 28.7 Å². The highest BCUT2D eigenvalue weighted by Gasteiger charge is 2.32. The standard InChI is InChI=1S/C14H5ClF6N2/c15-13-22-10-4-6(14(19,20)21)3-7(12(10)23-13)5-1-8(16)11(18)9(17)2-5/h1-4H,(H,22,23). The SMILES string of the molecule is Fc1cc(-c2cc(C(F)(F)F)cc3nc(Cl)[nH]c23)cc(F)c1F. The van der Waals surface area contributed by atoms with Gasteiger partial charge in [0.25, 0.3) is 0 Å². The number of aromatic nitrogens is 2. The molecular weight excluding hydrogens is 346 g/mol. The molecule has 0 aliphatic rings. The second-order valence-corrected chi connectivity index (χ2v) is 5.06. The summed E-state index contributed by atoms with van der Waals surface area (Å²) in [5.74, 6) is -4.74. The van der Waals surface area contributed by atoms with E-state index < -0.39 is 29.2 Å². The number of hydrogen-bond donors (Lipinski definition) is 1. The first-order chi connectivity index (χ1) is 10.7. The van der Waals surface area contributed by atoms with Gasteiger partial charge in [0, 0.05) is 5.56 Å². The molecular formula is C14H5ClF6N2. The van der Waals surface area contributed by atoms with Gasteiger partial charge in [-0.1, -0.05) is 0 Å². The highest BCUT2D eigenvalue weighted by atomic mass is 35.5. The van der Waals surface area contributed by atoms with Gasteiger partial charge in [-0.15, -0.1) is 0 Å². The number of H-pyrrole nitrogens is 1. The van der Waals surface area contributed by atoms with Crippen LogP contribution in [0.1, 0.15) is 5.56 Å². The van der Waals surface area contributed by atoms with Crippen molar-refractivity contribution in [2.45, 2.75) is 6.18 Å². The molecule has 3 rings (SSSR count). The highest BCUT2D eigenvalue weighted by molar-refractivity contribution is 6.29. The molecule has 0 aliphatic carbocycles. The molecule has 0 unspecified atom stereocenters. The Labute approximate surface area is 129 Å². The van der Waals surface area contributed by atoms with Crippen LogP contribution in [0.25, 0.3) is 22.2 Å². The summed E-state index contributed by atoms with van der Waals surface area (Å²) in [6.45, 7) is 0. The van der Waals surface area contributed by atoms with Gasteiger partial charge in [0.05, 0.1) is 16.6 Å². The number of rotatable bonds is 1. The van der Waals surface area contributed by atoms with E-state index >= 15 is 0 Å². The Kier molecular flexibility index (Phi) is 3.51. The molecule has 120 valence electrons. The predicted molar refractivity (Wildman–Crippen MR) is 71.4 cm³/mol. The van der Waals surface area contributed by atoms with Crippen molar-refractivity contribution in [1.29, 1.82) is 0 Å². The van der Waals surface area contributed by atoms with Crippen LogP contribution in [0, 0.1) is 17.5 Å². The number of fused-ring (bicyclic) bond motifs is 1. The lowest BCUT2D eigenvalue weighted by Gasteiger charge is -2.11. The van der Waals surface area contributed by atoms with Crippen LogP contribution < -0.4 is 0 Å². The van der Waals surface area contributed by atoms with Crippen molar-refractivity contribution in [2.24, 2.45) is 0 Å². The van der Waals surface area contributed by atoms with E-state index in [2.05, 4.69) is 9.97 Å². The number of hydrogen-bond acceptors (Lipinski definition) is 1. The van der Waals surface area contributed by atoms with Crippen LogP contribution >= 0.6 is 11.6 Å². The van der Waals surface area contributed by atoms with Gasteiger partial charge in [-0.3, -0.25) is 0 Å². The zero-order valence-electron chi connectivity index (χ0n) is 10.9. The average molecular weight is 351 g/mol. The smallest absolute Gasteiger partial charge is 0.328 e. The molecule has 9 heteroatoms. The third kappa shape index (κ3) is 2.74. The molecule has 2 nitrogen and oxygen atoms in total. The van der Waals surface area contributed by atoms with E-state index in [1.807, 2.05) is 0 Å². The molecule has 0 saturated heterocycles. The Morgan fingerprint density at radius 3 is 2.13 bits per heavy atom. The molecule has 1 heterocycles. The fourth-order valence-corrected chi connectivity index (χ4v) is 2.37. The van der Waals surface area contributed by atoms with Crippen LogP contribution in [0.15, 0.2) is 24.3 Å². The second kappa shape index (κ2) is 5.16. The summed E-state index contributed by atoms with van der Waals surface area (Å²) in [4.78, 5) is 6.19. The molecule has 3 aromatic rings. The zero-order chi connectivity index (χ0) is 16.9. The van der Waals surface area contributed by atoms with Gasteiger partial charge in [0.2, 0.25) is 5.28 Å². The lowest BCUT2D eigenvalue weighted by Crippen LogP contribution is -2.05. The summed E-state index contributed by atoms with van der Waals surface area (Å²) >= 11 is 5.64. The minimum atomic E-state index is -4.70. The number of nitrogens with zero attached hydrogens (tertiary/aromatic N) is 1. The van der Waals surface area contributed by atoms with E-state index in [0.29, 0.717) is 18.2 Å². The van der Waals surface area contributed by atoms with Gasteiger partial charge in [-0.05, 0) is 41.4 Å². The van der Waals surface area contributed by atoms with E-state index in [4.69, 9.17) is 11.6 Å². The van der Waals surface area contributed by atoms with Crippen molar-refractivity contribution in [3.63, 3.8) is 0 Å². The van der Waals surface area contributed by atoms with E-state index in [0.717, 1.165) is 6.07 Å². The molecule has 2 aromatic carbocycles. The minimum Gasteiger partial charge on any atom is -0.328 e. The first-order valence-electron chi connectivity index (χ1n) is 6.08. The van der Waals surface area contributed by atoms with E-state index in [1.54, 1.807) is 0 Å². The molecule has 0 fully saturated rings. The van der Waals surface area contributed by atoms with Crippen LogP contribution in [0.4, 0.5) is 26.3 Å². The molecule has 1 N–H and O–H groups in total. The van der Waals surface area contributed by atoms with Crippen LogP contribution in [-0.2, 0) is 6.18 Å². The normalized spacial score (nSPS) is 12.1. The molecule has 0 saturated carbocycles. The molecule has 1 aromatic heterocycles. The Balaban J connectivity index is 2.35. The van der Waals surface area contributed by atoms with E-state index in [-0.39, 0.29) is 27.4 Å². The maximum Gasteiger partial charge on any atom is 0.416 e. The predicted octanol–water partition coefficient (Wildman–Crippen LogP) is 5.32. The van der Waals surface area contributed by atoms with Gasteiger partial charge >= 0.3 is 6.18 Å².